The molecule has 0 atom stereocenters. The Morgan fingerprint density at radius 3 is 2.52 bits per heavy atom. The van der Waals surface area contributed by atoms with Crippen molar-refractivity contribution in [3.8, 4) is 0 Å². The van der Waals surface area contributed by atoms with Crippen LogP contribution in [0.4, 0.5) is 11.4 Å². The minimum atomic E-state index is -0.909. The van der Waals surface area contributed by atoms with Gasteiger partial charge >= 0.3 is 0 Å². The summed E-state index contributed by atoms with van der Waals surface area (Å²) in [5.41, 5.74) is 4.23. The molecule has 1 saturated carbocycles. The van der Waals surface area contributed by atoms with Gasteiger partial charge in [-0.25, -0.2) is 0 Å². The highest BCUT2D eigenvalue weighted by Crippen LogP contribution is 2.50. The molecule has 4 rings (SSSR count). The predicted molar refractivity (Wildman–Crippen MR) is 108 cm³/mol. The van der Waals surface area contributed by atoms with Crippen molar-refractivity contribution in [2.24, 2.45) is 5.41 Å². The summed E-state index contributed by atoms with van der Waals surface area (Å²) < 4.78 is 0. The highest BCUT2D eigenvalue weighted by atomic mass is 16.2. The van der Waals surface area contributed by atoms with Gasteiger partial charge in [-0.05, 0) is 54.9 Å². The molecule has 2 aliphatic rings. The Balaban J connectivity index is 1.59. The number of aryl methyl sites for hydroxylation is 1. The topological polar surface area (TPSA) is 49.4 Å². The third kappa shape index (κ3) is 2.93. The number of nitrogens with one attached hydrogen (secondary N) is 1. The molecule has 27 heavy (non-hydrogen) atoms. The van der Waals surface area contributed by atoms with E-state index in [9.17, 15) is 9.59 Å². The molecule has 2 amide bonds. The van der Waals surface area contributed by atoms with E-state index < -0.39 is 5.41 Å². The Morgan fingerprint density at radius 1 is 1.07 bits per heavy atom. The molecule has 0 spiro atoms. The standard InChI is InChI=1S/C23H26N2O2/c1-15(2)18-9-6-7-16(3)20(18)24-21(26)23(12-13-23)22(27)25-14-11-17-8-4-5-10-19(17)25/h4-10,15H,11-14H2,1-3H3,(H,24,26). The average Bonchev–Trinajstić information content (AvgIpc) is 3.36. The number of carbonyl (C=O) groups is 2. The Morgan fingerprint density at radius 2 is 1.81 bits per heavy atom. The molecule has 0 radical (unpaired) electrons. The second kappa shape index (κ2) is 6.52. The maximum atomic E-state index is 13.3. The van der Waals surface area contributed by atoms with Crippen molar-refractivity contribution in [2.75, 3.05) is 16.8 Å². The number of para-hydroxylation sites is 2. The molecule has 1 aliphatic carbocycles. The van der Waals surface area contributed by atoms with E-state index in [4.69, 9.17) is 0 Å². The first-order valence-electron chi connectivity index (χ1n) is 9.75. The number of hydrogen-bond acceptors (Lipinski definition) is 2. The molecule has 4 nitrogen and oxygen atoms in total. The molecule has 0 unspecified atom stereocenters. The minimum absolute atomic E-state index is 0.0513. The van der Waals surface area contributed by atoms with E-state index in [0.717, 1.165) is 28.9 Å². The first-order valence-corrected chi connectivity index (χ1v) is 9.75. The first kappa shape index (κ1) is 17.8. The molecule has 140 valence electrons. The van der Waals surface area contributed by atoms with E-state index >= 15 is 0 Å². The van der Waals surface area contributed by atoms with Gasteiger partial charge in [0.15, 0.2) is 0 Å². The van der Waals surface area contributed by atoms with Crippen LogP contribution >= 0.6 is 0 Å². The second-order valence-corrected chi connectivity index (χ2v) is 8.07. The van der Waals surface area contributed by atoms with Crippen LogP contribution in [0.2, 0.25) is 0 Å². The third-order valence-electron chi connectivity index (χ3n) is 5.89. The fourth-order valence-electron chi connectivity index (χ4n) is 4.05. The summed E-state index contributed by atoms with van der Waals surface area (Å²) >= 11 is 0. The number of anilines is 2. The van der Waals surface area contributed by atoms with E-state index in [1.807, 2.05) is 48.2 Å². The van der Waals surface area contributed by atoms with Crippen LogP contribution in [0.25, 0.3) is 0 Å². The van der Waals surface area contributed by atoms with Crippen molar-refractivity contribution in [2.45, 2.75) is 46.0 Å². The molecule has 4 heteroatoms. The van der Waals surface area contributed by atoms with Gasteiger partial charge in [-0.15, -0.1) is 0 Å². The molecular formula is C23H26N2O2. The van der Waals surface area contributed by atoms with Crippen molar-refractivity contribution in [3.05, 3.63) is 59.2 Å². The maximum absolute atomic E-state index is 13.3. The number of benzene rings is 2. The Labute approximate surface area is 160 Å². The lowest BCUT2D eigenvalue weighted by Crippen LogP contribution is -2.42. The van der Waals surface area contributed by atoms with Crippen molar-refractivity contribution >= 4 is 23.2 Å². The lowest BCUT2D eigenvalue weighted by atomic mass is 9.97. The number of rotatable bonds is 4. The van der Waals surface area contributed by atoms with Gasteiger partial charge in [0.1, 0.15) is 5.41 Å². The minimum Gasteiger partial charge on any atom is -0.325 e. The molecule has 0 bridgehead atoms. The predicted octanol–water partition coefficient (Wildman–Crippen LogP) is 4.43. The zero-order chi connectivity index (χ0) is 19.2. The van der Waals surface area contributed by atoms with Crippen molar-refractivity contribution < 1.29 is 9.59 Å². The van der Waals surface area contributed by atoms with Crippen LogP contribution < -0.4 is 10.2 Å². The lowest BCUT2D eigenvalue weighted by Gasteiger charge is -2.24. The molecule has 1 aliphatic heterocycles. The first-order chi connectivity index (χ1) is 12.9. The molecule has 0 aromatic heterocycles. The van der Waals surface area contributed by atoms with Crippen LogP contribution in [0.1, 0.15) is 49.3 Å². The largest absolute Gasteiger partial charge is 0.325 e. The van der Waals surface area contributed by atoms with E-state index in [2.05, 4.69) is 25.2 Å². The average molecular weight is 362 g/mol. The summed E-state index contributed by atoms with van der Waals surface area (Å²) in [6, 6.07) is 14.0. The maximum Gasteiger partial charge on any atom is 0.242 e. The summed E-state index contributed by atoms with van der Waals surface area (Å²) in [6.45, 7) is 6.89. The summed E-state index contributed by atoms with van der Waals surface area (Å²) in [6.07, 6.45) is 2.10. The van der Waals surface area contributed by atoms with Gasteiger partial charge in [0.05, 0.1) is 0 Å². The van der Waals surface area contributed by atoms with Gasteiger partial charge < -0.3 is 10.2 Å². The number of fused-ring (bicyclic) bond motifs is 1. The molecule has 1 fully saturated rings. The molecule has 1 heterocycles. The molecule has 1 N–H and O–H groups in total. The Hall–Kier alpha value is -2.62. The number of carbonyl (C=O) groups excluding carboxylic acids is 2. The van der Waals surface area contributed by atoms with Gasteiger partial charge in [-0.2, -0.15) is 0 Å². The van der Waals surface area contributed by atoms with E-state index in [1.54, 1.807) is 0 Å². The number of amides is 2. The number of hydrogen-bond donors (Lipinski definition) is 1. The Bertz CT molecular complexity index is 912. The summed E-state index contributed by atoms with van der Waals surface area (Å²) in [7, 11) is 0. The van der Waals surface area contributed by atoms with Crippen LogP contribution in [0.5, 0.6) is 0 Å². The van der Waals surface area contributed by atoms with Crippen LogP contribution in [0.3, 0.4) is 0 Å². The van der Waals surface area contributed by atoms with Gasteiger partial charge in [-0.3, -0.25) is 9.59 Å². The molecule has 0 saturated heterocycles. The zero-order valence-corrected chi connectivity index (χ0v) is 16.2. The van der Waals surface area contributed by atoms with Crippen LogP contribution in [-0.4, -0.2) is 18.4 Å². The molecule has 2 aromatic carbocycles. The normalized spacial score (nSPS) is 17.0. The van der Waals surface area contributed by atoms with E-state index in [1.165, 1.54) is 5.56 Å². The SMILES string of the molecule is Cc1cccc(C(C)C)c1NC(=O)C1(C(=O)N2CCc3ccccc32)CC1. The van der Waals surface area contributed by atoms with Crippen LogP contribution in [-0.2, 0) is 16.0 Å². The second-order valence-electron chi connectivity index (χ2n) is 8.07. The smallest absolute Gasteiger partial charge is 0.242 e. The van der Waals surface area contributed by atoms with Gasteiger partial charge in [0.2, 0.25) is 11.8 Å². The van der Waals surface area contributed by atoms with Crippen molar-refractivity contribution in [3.63, 3.8) is 0 Å². The highest BCUT2D eigenvalue weighted by Gasteiger charge is 2.58. The fourth-order valence-corrected chi connectivity index (χ4v) is 4.05. The van der Waals surface area contributed by atoms with Gasteiger partial charge in [0, 0.05) is 17.9 Å². The fraction of sp³-hybridized carbons (Fsp3) is 0.391. The highest BCUT2D eigenvalue weighted by molar-refractivity contribution is 6.18. The quantitative estimate of drug-likeness (QED) is 0.818. The van der Waals surface area contributed by atoms with Gasteiger partial charge in [-0.1, -0.05) is 50.2 Å². The van der Waals surface area contributed by atoms with Crippen LogP contribution in [0, 0.1) is 12.3 Å². The Kier molecular flexibility index (Phi) is 4.29. The number of nitrogens with zero attached hydrogens (tertiary/aromatic N) is 1. The monoisotopic (exact) mass is 362 g/mol. The van der Waals surface area contributed by atoms with Crippen LogP contribution in [0.15, 0.2) is 42.5 Å². The van der Waals surface area contributed by atoms with Crippen molar-refractivity contribution in [1.82, 2.24) is 0 Å². The summed E-state index contributed by atoms with van der Waals surface area (Å²) in [5, 5.41) is 3.10. The van der Waals surface area contributed by atoms with Crippen molar-refractivity contribution in [1.29, 1.82) is 0 Å². The molecular weight excluding hydrogens is 336 g/mol. The van der Waals surface area contributed by atoms with E-state index in [0.29, 0.717) is 25.3 Å². The lowest BCUT2D eigenvalue weighted by molar-refractivity contribution is -0.132. The van der Waals surface area contributed by atoms with E-state index in [-0.39, 0.29) is 11.8 Å². The van der Waals surface area contributed by atoms with Gasteiger partial charge in [0.25, 0.3) is 0 Å². The summed E-state index contributed by atoms with van der Waals surface area (Å²) in [4.78, 5) is 28.3. The molecule has 2 aromatic rings. The zero-order valence-electron chi connectivity index (χ0n) is 16.2. The summed E-state index contributed by atoms with van der Waals surface area (Å²) in [5.74, 6) is 0.0919. The third-order valence-corrected chi connectivity index (χ3v) is 5.89.